The molecule has 1 atom stereocenters. The zero-order valence-electron chi connectivity index (χ0n) is 17.9. The molecule has 3 aliphatic rings. The van der Waals surface area contributed by atoms with Gasteiger partial charge in [-0.15, -0.1) is 0 Å². The van der Waals surface area contributed by atoms with Crippen LogP contribution in [0, 0.1) is 0 Å². The Labute approximate surface area is 175 Å². The topological polar surface area (TPSA) is 88.2 Å². The molecule has 1 aliphatic carbocycles. The smallest absolute Gasteiger partial charge is 0.317 e. The number of ether oxygens (including phenoxy) is 2. The van der Waals surface area contributed by atoms with Gasteiger partial charge in [0.15, 0.2) is 0 Å². The van der Waals surface area contributed by atoms with Crippen LogP contribution >= 0.6 is 0 Å². The van der Waals surface area contributed by atoms with Crippen molar-refractivity contribution in [2.75, 3.05) is 45.2 Å². The number of hydrogen-bond donors (Lipinski definition) is 1. The third-order valence-electron chi connectivity index (χ3n) is 6.33. The molecule has 2 aliphatic heterocycles. The summed E-state index contributed by atoms with van der Waals surface area (Å²) in [7, 11) is -3.20. The van der Waals surface area contributed by atoms with Crippen LogP contribution in [0.1, 0.15) is 58.8 Å². The summed E-state index contributed by atoms with van der Waals surface area (Å²) in [5, 5.41) is 2.96. The first kappa shape index (κ1) is 22.8. The van der Waals surface area contributed by atoms with Crippen LogP contribution in [-0.4, -0.2) is 86.5 Å². The summed E-state index contributed by atoms with van der Waals surface area (Å²) in [6, 6.07) is 0.180. The van der Waals surface area contributed by atoms with E-state index >= 15 is 0 Å². The van der Waals surface area contributed by atoms with Crippen LogP contribution in [-0.2, 0) is 19.5 Å². The van der Waals surface area contributed by atoms with Crippen molar-refractivity contribution in [2.45, 2.75) is 76.5 Å². The van der Waals surface area contributed by atoms with Gasteiger partial charge in [0.2, 0.25) is 10.0 Å². The maximum atomic E-state index is 12.7. The van der Waals surface area contributed by atoms with E-state index in [9.17, 15) is 13.2 Å². The Morgan fingerprint density at radius 3 is 2.55 bits per heavy atom. The average molecular weight is 432 g/mol. The average Bonchev–Trinajstić information content (AvgIpc) is 3.53. The van der Waals surface area contributed by atoms with E-state index in [1.54, 1.807) is 11.2 Å². The van der Waals surface area contributed by atoms with E-state index in [2.05, 4.69) is 5.32 Å². The highest BCUT2D eigenvalue weighted by atomic mass is 32.2. The van der Waals surface area contributed by atoms with Gasteiger partial charge in [0, 0.05) is 51.5 Å². The van der Waals surface area contributed by atoms with E-state index < -0.39 is 10.0 Å². The van der Waals surface area contributed by atoms with Gasteiger partial charge < -0.3 is 19.7 Å². The predicted octanol–water partition coefficient (Wildman–Crippen LogP) is 1.95. The van der Waals surface area contributed by atoms with E-state index in [1.807, 2.05) is 11.8 Å². The minimum Gasteiger partial charge on any atom is -0.382 e. The Morgan fingerprint density at radius 1 is 1.21 bits per heavy atom. The van der Waals surface area contributed by atoms with Crippen LogP contribution in [0.3, 0.4) is 0 Å². The monoisotopic (exact) mass is 431 g/mol. The molecule has 1 N–H and O–H groups in total. The van der Waals surface area contributed by atoms with Gasteiger partial charge in [-0.1, -0.05) is 0 Å². The first-order chi connectivity index (χ1) is 13.9. The number of rotatable bonds is 9. The maximum absolute atomic E-state index is 12.7. The number of hydrogen-bond acceptors (Lipinski definition) is 5. The van der Waals surface area contributed by atoms with Crippen LogP contribution in [0.15, 0.2) is 0 Å². The minimum atomic E-state index is -3.20. The van der Waals surface area contributed by atoms with Gasteiger partial charge in [-0.05, 0) is 58.8 Å². The summed E-state index contributed by atoms with van der Waals surface area (Å²) in [5.74, 6) is 0.158. The maximum Gasteiger partial charge on any atom is 0.317 e. The molecular formula is C20H37N3O5S. The van der Waals surface area contributed by atoms with E-state index in [0.29, 0.717) is 39.5 Å². The Kier molecular flexibility index (Phi) is 7.81. The van der Waals surface area contributed by atoms with Crippen molar-refractivity contribution in [1.29, 1.82) is 0 Å². The standard InChI is InChI=1S/C20H37N3O5S/c1-3-27-14-5-11-21-19(24)22-12-9-20(10-13-22)16-18(8-15-28-20)23(17-6-7-17)29(25,26)4-2/h17-18H,3-16H2,1-2H3,(H,21,24). The SMILES string of the molecule is CCOCCCNC(=O)N1CCC2(CC1)CC(N(C1CC1)S(=O)(=O)CC)CCO2. The predicted molar refractivity (Wildman–Crippen MR) is 111 cm³/mol. The molecule has 0 bridgehead atoms. The molecule has 1 saturated carbocycles. The van der Waals surface area contributed by atoms with Crippen LogP contribution in [0.25, 0.3) is 0 Å². The molecule has 29 heavy (non-hydrogen) atoms. The first-order valence-electron chi connectivity index (χ1n) is 11.2. The van der Waals surface area contributed by atoms with E-state index in [-0.39, 0.29) is 29.5 Å². The molecule has 0 aromatic carbocycles. The summed E-state index contributed by atoms with van der Waals surface area (Å²) in [6.07, 6.45) is 5.79. The van der Waals surface area contributed by atoms with Gasteiger partial charge in [-0.2, -0.15) is 4.31 Å². The van der Waals surface area contributed by atoms with Crippen molar-refractivity contribution in [3.05, 3.63) is 0 Å². The molecule has 9 heteroatoms. The van der Waals surface area contributed by atoms with Crippen molar-refractivity contribution in [1.82, 2.24) is 14.5 Å². The van der Waals surface area contributed by atoms with Gasteiger partial charge >= 0.3 is 6.03 Å². The fourth-order valence-corrected chi connectivity index (χ4v) is 6.14. The van der Waals surface area contributed by atoms with Crippen molar-refractivity contribution in [2.24, 2.45) is 0 Å². The second kappa shape index (κ2) is 9.94. The molecule has 3 rings (SSSR count). The van der Waals surface area contributed by atoms with Gasteiger partial charge in [-0.25, -0.2) is 13.2 Å². The molecule has 168 valence electrons. The van der Waals surface area contributed by atoms with Crippen LogP contribution < -0.4 is 5.32 Å². The number of sulfonamides is 1. The van der Waals surface area contributed by atoms with Crippen molar-refractivity contribution in [3.63, 3.8) is 0 Å². The zero-order valence-corrected chi connectivity index (χ0v) is 18.7. The van der Waals surface area contributed by atoms with Crippen molar-refractivity contribution < 1.29 is 22.7 Å². The number of amides is 2. The number of nitrogens with one attached hydrogen (secondary N) is 1. The molecular weight excluding hydrogens is 394 g/mol. The van der Waals surface area contributed by atoms with Gasteiger partial charge in [0.1, 0.15) is 0 Å². The Hall–Kier alpha value is -0.900. The number of likely N-dealkylation sites (tertiary alicyclic amines) is 1. The molecule has 0 aromatic rings. The Morgan fingerprint density at radius 2 is 1.93 bits per heavy atom. The second-order valence-electron chi connectivity index (χ2n) is 8.41. The summed E-state index contributed by atoms with van der Waals surface area (Å²) < 4.78 is 38.6. The first-order valence-corrected chi connectivity index (χ1v) is 12.8. The Bertz CT molecular complexity index is 645. The van der Waals surface area contributed by atoms with Gasteiger partial charge in [0.25, 0.3) is 0 Å². The normalized spacial score (nSPS) is 24.8. The molecule has 1 unspecified atom stereocenters. The third-order valence-corrected chi connectivity index (χ3v) is 8.30. The lowest BCUT2D eigenvalue weighted by atomic mass is 9.82. The highest BCUT2D eigenvalue weighted by molar-refractivity contribution is 7.89. The van der Waals surface area contributed by atoms with E-state index in [4.69, 9.17) is 9.47 Å². The van der Waals surface area contributed by atoms with Gasteiger partial charge in [0.05, 0.1) is 11.4 Å². The van der Waals surface area contributed by atoms with Crippen molar-refractivity contribution in [3.8, 4) is 0 Å². The second-order valence-corrected chi connectivity index (χ2v) is 10.6. The number of carbonyl (C=O) groups excluding carboxylic acids is 1. The van der Waals surface area contributed by atoms with E-state index in [1.165, 1.54) is 0 Å². The lowest BCUT2D eigenvalue weighted by Gasteiger charge is -2.48. The number of nitrogens with zero attached hydrogens (tertiary/aromatic N) is 2. The molecule has 2 saturated heterocycles. The molecule has 0 radical (unpaired) electrons. The summed E-state index contributed by atoms with van der Waals surface area (Å²) >= 11 is 0. The molecule has 1 spiro atoms. The summed E-state index contributed by atoms with van der Waals surface area (Å²) in [4.78, 5) is 14.2. The van der Waals surface area contributed by atoms with Crippen LogP contribution in [0.4, 0.5) is 4.79 Å². The highest BCUT2D eigenvalue weighted by Crippen LogP contribution is 2.41. The highest BCUT2D eigenvalue weighted by Gasteiger charge is 2.48. The quantitative estimate of drug-likeness (QED) is 0.564. The largest absolute Gasteiger partial charge is 0.382 e. The number of carbonyl (C=O) groups is 1. The van der Waals surface area contributed by atoms with E-state index in [0.717, 1.165) is 44.9 Å². The third kappa shape index (κ3) is 5.83. The number of urea groups is 1. The summed E-state index contributed by atoms with van der Waals surface area (Å²) in [6.45, 7) is 7.55. The zero-order chi connectivity index (χ0) is 20.9. The molecule has 3 fully saturated rings. The van der Waals surface area contributed by atoms with Crippen LogP contribution in [0.2, 0.25) is 0 Å². The minimum absolute atomic E-state index is 0.0279. The summed E-state index contributed by atoms with van der Waals surface area (Å²) in [5.41, 5.74) is -0.301. The molecule has 0 aromatic heterocycles. The van der Waals surface area contributed by atoms with Crippen LogP contribution in [0.5, 0.6) is 0 Å². The van der Waals surface area contributed by atoms with Gasteiger partial charge in [-0.3, -0.25) is 0 Å². The molecule has 2 heterocycles. The fraction of sp³-hybridized carbons (Fsp3) is 0.950. The molecule has 2 amide bonds. The lowest BCUT2D eigenvalue weighted by molar-refractivity contribution is -0.122. The number of piperidine rings is 1. The Balaban J connectivity index is 1.51. The lowest BCUT2D eigenvalue weighted by Crippen LogP contribution is -2.56. The fourth-order valence-electron chi connectivity index (χ4n) is 4.54. The molecule has 8 nitrogen and oxygen atoms in total. The van der Waals surface area contributed by atoms with Crippen molar-refractivity contribution >= 4 is 16.1 Å².